The van der Waals surface area contributed by atoms with Gasteiger partial charge in [0, 0.05) is 58.0 Å². The molecule has 1 heterocycles. The molecule has 0 amide bonds. The van der Waals surface area contributed by atoms with E-state index in [9.17, 15) is 0 Å². The molecule has 2 N–H and O–H groups in total. The standard InChI is InChI=1S/C22H38N4O2.HI/c1-3-23-22(25-14-9-16-27-18-20-12-17-28-19-20)24-13-7-8-15-26(2)21-10-5-4-6-11-21;/h4-6,10-11,20H,3,7-9,12-19H2,1-2H3,(H2,23,24,25);1H. The molecular weight excluding hydrogens is 479 g/mol. The molecule has 1 aromatic carbocycles. The molecule has 0 saturated carbocycles. The Labute approximate surface area is 193 Å². The van der Waals surface area contributed by atoms with Crippen LogP contribution in [0.4, 0.5) is 5.69 Å². The van der Waals surface area contributed by atoms with Crippen molar-refractivity contribution in [3.05, 3.63) is 30.3 Å². The largest absolute Gasteiger partial charge is 0.381 e. The van der Waals surface area contributed by atoms with Crippen molar-refractivity contribution in [1.82, 2.24) is 10.6 Å². The SMILES string of the molecule is CCNC(=NCCCOCC1CCOC1)NCCCCN(C)c1ccccc1.I. The molecule has 1 atom stereocenters. The maximum atomic E-state index is 5.74. The number of para-hydroxylation sites is 1. The first-order valence-corrected chi connectivity index (χ1v) is 10.7. The molecule has 0 radical (unpaired) electrons. The van der Waals surface area contributed by atoms with Gasteiger partial charge in [-0.25, -0.2) is 0 Å². The van der Waals surface area contributed by atoms with Crippen LogP contribution in [0.15, 0.2) is 35.3 Å². The summed E-state index contributed by atoms with van der Waals surface area (Å²) in [6.07, 6.45) is 4.35. The molecule has 1 aromatic rings. The first kappa shape index (κ1) is 26.0. The number of unbranched alkanes of at least 4 members (excludes halogenated alkanes) is 1. The van der Waals surface area contributed by atoms with Crippen LogP contribution >= 0.6 is 24.0 Å². The zero-order valence-electron chi connectivity index (χ0n) is 18.1. The molecule has 0 bridgehead atoms. The van der Waals surface area contributed by atoms with E-state index in [0.717, 1.165) is 84.2 Å². The summed E-state index contributed by atoms with van der Waals surface area (Å²) >= 11 is 0. The van der Waals surface area contributed by atoms with Crippen molar-refractivity contribution in [3.8, 4) is 0 Å². The lowest BCUT2D eigenvalue weighted by Gasteiger charge is -2.19. The molecule has 0 aliphatic carbocycles. The van der Waals surface area contributed by atoms with Gasteiger partial charge < -0.3 is 25.0 Å². The maximum absolute atomic E-state index is 5.74. The van der Waals surface area contributed by atoms with Gasteiger partial charge in [-0.15, -0.1) is 24.0 Å². The zero-order valence-corrected chi connectivity index (χ0v) is 20.4. The van der Waals surface area contributed by atoms with E-state index in [1.165, 1.54) is 5.69 Å². The van der Waals surface area contributed by atoms with Gasteiger partial charge in [-0.1, -0.05) is 18.2 Å². The fourth-order valence-corrected chi connectivity index (χ4v) is 3.16. The van der Waals surface area contributed by atoms with E-state index in [2.05, 4.69) is 64.8 Å². The lowest BCUT2D eigenvalue weighted by Crippen LogP contribution is -2.38. The van der Waals surface area contributed by atoms with Crippen LogP contribution in [0.3, 0.4) is 0 Å². The van der Waals surface area contributed by atoms with Crippen molar-refractivity contribution in [2.75, 3.05) is 64.6 Å². The third kappa shape index (κ3) is 11.6. The highest BCUT2D eigenvalue weighted by molar-refractivity contribution is 14.0. The highest BCUT2D eigenvalue weighted by Gasteiger charge is 2.15. The lowest BCUT2D eigenvalue weighted by molar-refractivity contribution is 0.0893. The van der Waals surface area contributed by atoms with Gasteiger partial charge in [0.2, 0.25) is 0 Å². The highest BCUT2D eigenvalue weighted by atomic mass is 127. The van der Waals surface area contributed by atoms with E-state index < -0.39 is 0 Å². The third-order valence-electron chi connectivity index (χ3n) is 4.85. The average molecular weight is 518 g/mol. The van der Waals surface area contributed by atoms with E-state index in [0.29, 0.717) is 5.92 Å². The average Bonchev–Trinajstić information content (AvgIpc) is 3.24. The second-order valence-electron chi connectivity index (χ2n) is 7.31. The van der Waals surface area contributed by atoms with Crippen LogP contribution < -0.4 is 15.5 Å². The van der Waals surface area contributed by atoms with Gasteiger partial charge in [0.1, 0.15) is 0 Å². The number of ether oxygens (including phenoxy) is 2. The molecule has 0 spiro atoms. The lowest BCUT2D eigenvalue weighted by atomic mass is 10.1. The molecule has 1 saturated heterocycles. The monoisotopic (exact) mass is 518 g/mol. The summed E-state index contributed by atoms with van der Waals surface area (Å²) in [4.78, 5) is 6.95. The van der Waals surface area contributed by atoms with Crippen LogP contribution in [0.1, 0.15) is 32.6 Å². The number of benzene rings is 1. The minimum atomic E-state index is 0. The minimum Gasteiger partial charge on any atom is -0.381 e. The van der Waals surface area contributed by atoms with Crippen LogP contribution in [0, 0.1) is 5.92 Å². The molecular formula is C22H39IN4O2. The Hall–Kier alpha value is -1.06. The van der Waals surface area contributed by atoms with Crippen molar-refractivity contribution < 1.29 is 9.47 Å². The number of anilines is 1. The van der Waals surface area contributed by atoms with Crippen LogP contribution in [-0.2, 0) is 9.47 Å². The predicted octanol–water partition coefficient (Wildman–Crippen LogP) is 3.52. The first-order valence-electron chi connectivity index (χ1n) is 10.7. The van der Waals surface area contributed by atoms with Gasteiger partial charge in [0.25, 0.3) is 0 Å². The van der Waals surface area contributed by atoms with E-state index in [4.69, 9.17) is 9.47 Å². The van der Waals surface area contributed by atoms with Crippen molar-refractivity contribution in [2.45, 2.75) is 32.6 Å². The van der Waals surface area contributed by atoms with Crippen molar-refractivity contribution in [3.63, 3.8) is 0 Å². The predicted molar refractivity (Wildman–Crippen MR) is 133 cm³/mol. The summed E-state index contributed by atoms with van der Waals surface area (Å²) in [5.41, 5.74) is 1.27. The summed E-state index contributed by atoms with van der Waals surface area (Å²) < 4.78 is 11.1. The van der Waals surface area contributed by atoms with E-state index >= 15 is 0 Å². The third-order valence-corrected chi connectivity index (χ3v) is 4.85. The van der Waals surface area contributed by atoms with Crippen LogP contribution in [0.2, 0.25) is 0 Å². The quantitative estimate of drug-likeness (QED) is 0.181. The van der Waals surface area contributed by atoms with E-state index in [1.54, 1.807) is 0 Å². The number of hydrogen-bond donors (Lipinski definition) is 2. The number of rotatable bonds is 13. The van der Waals surface area contributed by atoms with Crippen molar-refractivity contribution >= 4 is 35.6 Å². The maximum Gasteiger partial charge on any atom is 0.191 e. The van der Waals surface area contributed by atoms with Gasteiger partial charge >= 0.3 is 0 Å². The Morgan fingerprint density at radius 2 is 2.03 bits per heavy atom. The summed E-state index contributed by atoms with van der Waals surface area (Å²) in [6, 6.07) is 10.5. The second-order valence-corrected chi connectivity index (χ2v) is 7.31. The summed E-state index contributed by atoms with van der Waals surface area (Å²) in [6.45, 7) is 9.08. The Morgan fingerprint density at radius 1 is 1.21 bits per heavy atom. The van der Waals surface area contributed by atoms with Crippen molar-refractivity contribution in [1.29, 1.82) is 0 Å². The normalized spacial score (nSPS) is 16.3. The zero-order chi connectivity index (χ0) is 19.9. The van der Waals surface area contributed by atoms with Crippen LogP contribution in [-0.4, -0.2) is 65.6 Å². The summed E-state index contributed by atoms with van der Waals surface area (Å²) in [7, 11) is 2.15. The summed E-state index contributed by atoms with van der Waals surface area (Å²) in [5, 5.41) is 6.75. The Kier molecular flexibility index (Phi) is 15.0. The first-order chi connectivity index (χ1) is 13.8. The molecule has 1 unspecified atom stereocenters. The Bertz CT molecular complexity index is 539. The smallest absolute Gasteiger partial charge is 0.191 e. The fraction of sp³-hybridized carbons (Fsp3) is 0.682. The topological polar surface area (TPSA) is 58.1 Å². The van der Waals surface area contributed by atoms with Gasteiger partial charge in [-0.05, 0) is 44.7 Å². The van der Waals surface area contributed by atoms with Crippen LogP contribution in [0.5, 0.6) is 0 Å². The molecule has 1 fully saturated rings. The number of aliphatic imine (C=N–C) groups is 1. The highest BCUT2D eigenvalue weighted by Crippen LogP contribution is 2.12. The molecule has 7 heteroatoms. The Balaban J connectivity index is 0.00000420. The number of hydrogen-bond acceptors (Lipinski definition) is 4. The van der Waals surface area contributed by atoms with Crippen LogP contribution in [0.25, 0.3) is 0 Å². The molecule has 2 rings (SSSR count). The number of guanidine groups is 1. The Morgan fingerprint density at radius 3 is 2.76 bits per heavy atom. The van der Waals surface area contributed by atoms with Gasteiger partial charge in [0.05, 0.1) is 13.2 Å². The van der Waals surface area contributed by atoms with E-state index in [-0.39, 0.29) is 24.0 Å². The molecule has 1 aliphatic rings. The fourth-order valence-electron chi connectivity index (χ4n) is 3.16. The van der Waals surface area contributed by atoms with Gasteiger partial charge in [0.15, 0.2) is 5.96 Å². The molecule has 1 aliphatic heterocycles. The van der Waals surface area contributed by atoms with Gasteiger partial charge in [-0.3, -0.25) is 4.99 Å². The van der Waals surface area contributed by atoms with Crippen molar-refractivity contribution in [2.24, 2.45) is 10.9 Å². The number of nitrogens with zero attached hydrogens (tertiary/aromatic N) is 2. The molecule has 6 nitrogen and oxygen atoms in total. The minimum absolute atomic E-state index is 0. The summed E-state index contributed by atoms with van der Waals surface area (Å²) in [5.74, 6) is 1.49. The van der Waals surface area contributed by atoms with Gasteiger partial charge in [-0.2, -0.15) is 0 Å². The number of halogens is 1. The molecule has 29 heavy (non-hydrogen) atoms. The molecule has 166 valence electrons. The molecule has 0 aromatic heterocycles. The second kappa shape index (κ2) is 16.7. The number of nitrogens with one attached hydrogen (secondary N) is 2. The van der Waals surface area contributed by atoms with E-state index in [1.807, 2.05) is 0 Å².